The van der Waals surface area contributed by atoms with E-state index in [1.54, 1.807) is 6.92 Å². The average Bonchev–Trinajstić information content (AvgIpc) is 1.87. The third-order valence-corrected chi connectivity index (χ3v) is 0.770. The van der Waals surface area contributed by atoms with Crippen LogP contribution in [0, 0.1) is 0 Å². The minimum Gasteiger partial charge on any atom is -0.494 e. The van der Waals surface area contributed by atoms with Crippen LogP contribution in [0.5, 0.6) is 0 Å². The summed E-state index contributed by atoms with van der Waals surface area (Å²) in [7, 11) is 2.71. The lowest BCUT2D eigenvalue weighted by Gasteiger charge is -2.01. The maximum absolute atomic E-state index is 8.73. The van der Waals surface area contributed by atoms with Crippen molar-refractivity contribution in [3.05, 3.63) is 11.7 Å². The van der Waals surface area contributed by atoms with Gasteiger partial charge in [0.25, 0.3) is 0 Å². The van der Waals surface area contributed by atoms with Crippen LogP contribution in [0.25, 0.3) is 0 Å². The van der Waals surface area contributed by atoms with E-state index in [-0.39, 0.29) is 11.7 Å². The zero-order valence-corrected chi connectivity index (χ0v) is 5.67. The van der Waals surface area contributed by atoms with Crippen molar-refractivity contribution in [1.29, 1.82) is 0 Å². The first kappa shape index (κ1) is 8.10. The third kappa shape index (κ3) is 2.81. The Morgan fingerprint density at radius 2 is 1.89 bits per heavy atom. The number of hydrogen-bond donors (Lipinski definition) is 1. The van der Waals surface area contributed by atoms with Crippen LogP contribution in [0.2, 0.25) is 0 Å². The van der Waals surface area contributed by atoms with Crippen LogP contribution in [0.3, 0.4) is 0 Å². The number of allylic oxidation sites excluding steroid dienone is 1. The lowest BCUT2D eigenvalue weighted by molar-refractivity contribution is -0.268. The largest absolute Gasteiger partial charge is 0.494 e. The van der Waals surface area contributed by atoms with Crippen LogP contribution >= 0.6 is 0 Å². The molecule has 54 valence electrons. The first-order valence-corrected chi connectivity index (χ1v) is 2.37. The fourth-order valence-corrected chi connectivity index (χ4v) is 0.225. The van der Waals surface area contributed by atoms with Gasteiger partial charge in [0.15, 0.2) is 5.76 Å². The maximum Gasteiger partial charge on any atom is 0.352 e. The smallest absolute Gasteiger partial charge is 0.352 e. The Balaban J connectivity index is 3.78. The molecule has 0 heterocycles. The topological polar surface area (TPSA) is 47.9 Å². The lowest BCUT2D eigenvalue weighted by atomic mass is 10.6. The van der Waals surface area contributed by atoms with Crippen LogP contribution < -0.4 is 0 Å². The van der Waals surface area contributed by atoms with Crippen molar-refractivity contribution in [2.75, 3.05) is 14.2 Å². The first-order chi connectivity index (χ1) is 4.22. The molecule has 0 aliphatic heterocycles. The molecule has 0 aliphatic rings. The number of ether oxygens (including phenoxy) is 1. The summed E-state index contributed by atoms with van der Waals surface area (Å²) in [5.74, 6) is -0.0862. The summed E-state index contributed by atoms with van der Waals surface area (Å²) in [5, 5.41) is 8.73. The van der Waals surface area contributed by atoms with Gasteiger partial charge in [0.2, 0.25) is 0 Å². The van der Waals surface area contributed by atoms with Crippen molar-refractivity contribution in [2.45, 2.75) is 6.92 Å². The van der Waals surface area contributed by atoms with Gasteiger partial charge in [-0.25, -0.2) is 0 Å². The minimum atomic E-state index is -0.361. The molecule has 4 heteroatoms. The van der Waals surface area contributed by atoms with Gasteiger partial charge in [-0.3, -0.25) is 4.89 Å². The van der Waals surface area contributed by atoms with Crippen molar-refractivity contribution in [1.82, 2.24) is 0 Å². The minimum absolute atomic E-state index is 0.275. The van der Waals surface area contributed by atoms with Gasteiger partial charge >= 0.3 is 5.95 Å². The second-order valence-corrected chi connectivity index (χ2v) is 1.32. The summed E-state index contributed by atoms with van der Waals surface area (Å²) in [6.07, 6.45) is 0. The molecule has 0 aliphatic carbocycles. The molecule has 0 aromatic carbocycles. The SMILES string of the molecule is COOC(O)=C(C)OC. The molecule has 0 radical (unpaired) electrons. The normalized spacial score (nSPS) is 12.3. The highest BCUT2D eigenvalue weighted by molar-refractivity contribution is 4.86. The van der Waals surface area contributed by atoms with E-state index in [9.17, 15) is 0 Å². The molecular weight excluding hydrogens is 124 g/mol. The molecular formula is C5H10O4. The van der Waals surface area contributed by atoms with Crippen LogP contribution in [0.15, 0.2) is 11.7 Å². The summed E-state index contributed by atoms with van der Waals surface area (Å²) < 4.78 is 4.59. The van der Waals surface area contributed by atoms with Gasteiger partial charge in [0.05, 0.1) is 14.2 Å². The molecule has 4 nitrogen and oxygen atoms in total. The molecule has 0 unspecified atom stereocenters. The predicted octanol–water partition coefficient (Wildman–Crippen LogP) is 0.958. The van der Waals surface area contributed by atoms with Crippen molar-refractivity contribution in [2.24, 2.45) is 0 Å². The van der Waals surface area contributed by atoms with Crippen LogP contribution in [-0.4, -0.2) is 19.3 Å². The highest BCUT2D eigenvalue weighted by Crippen LogP contribution is 2.01. The zero-order chi connectivity index (χ0) is 7.28. The molecule has 1 N–H and O–H groups in total. The molecule has 0 aromatic heterocycles. The van der Waals surface area contributed by atoms with Gasteiger partial charge in [-0.1, -0.05) is 0 Å². The Morgan fingerprint density at radius 3 is 2.22 bits per heavy atom. The maximum atomic E-state index is 8.73. The zero-order valence-electron chi connectivity index (χ0n) is 5.67. The summed E-state index contributed by atoms with van der Waals surface area (Å²) >= 11 is 0. The molecule has 0 fully saturated rings. The number of hydrogen-bond acceptors (Lipinski definition) is 4. The monoisotopic (exact) mass is 134 g/mol. The second kappa shape index (κ2) is 4.03. The van der Waals surface area contributed by atoms with E-state index in [1.165, 1.54) is 14.2 Å². The van der Waals surface area contributed by atoms with E-state index in [1.807, 2.05) is 0 Å². The highest BCUT2D eigenvalue weighted by atomic mass is 17.2. The number of aliphatic hydroxyl groups excluding tert-OH is 1. The predicted molar refractivity (Wildman–Crippen MR) is 30.4 cm³/mol. The Morgan fingerprint density at radius 1 is 1.33 bits per heavy atom. The summed E-state index contributed by atoms with van der Waals surface area (Å²) in [5.41, 5.74) is 0. The highest BCUT2D eigenvalue weighted by Gasteiger charge is 1.99. The molecule has 0 bridgehead atoms. The van der Waals surface area contributed by atoms with Crippen LogP contribution in [-0.2, 0) is 14.5 Å². The fraction of sp³-hybridized carbons (Fsp3) is 0.600. The summed E-state index contributed by atoms with van der Waals surface area (Å²) in [4.78, 5) is 8.34. The van der Waals surface area contributed by atoms with E-state index in [4.69, 9.17) is 5.11 Å². The molecule has 0 aromatic rings. The Kier molecular flexibility index (Phi) is 3.62. The molecule has 0 rings (SSSR count). The van der Waals surface area contributed by atoms with E-state index in [0.29, 0.717) is 0 Å². The van der Waals surface area contributed by atoms with Gasteiger partial charge in [-0.2, -0.15) is 4.89 Å². The molecule has 0 saturated carbocycles. The number of aliphatic hydroxyl groups is 1. The molecule has 0 spiro atoms. The molecule has 0 saturated heterocycles. The summed E-state index contributed by atoms with van der Waals surface area (Å²) in [6.45, 7) is 1.55. The van der Waals surface area contributed by atoms with E-state index >= 15 is 0 Å². The van der Waals surface area contributed by atoms with Gasteiger partial charge < -0.3 is 9.84 Å². The Labute approximate surface area is 53.6 Å². The van der Waals surface area contributed by atoms with E-state index < -0.39 is 0 Å². The lowest BCUT2D eigenvalue weighted by Crippen LogP contribution is -1.94. The van der Waals surface area contributed by atoms with Crippen molar-refractivity contribution in [3.63, 3.8) is 0 Å². The average molecular weight is 134 g/mol. The van der Waals surface area contributed by atoms with Crippen molar-refractivity contribution < 1.29 is 19.6 Å². The second-order valence-electron chi connectivity index (χ2n) is 1.32. The Bertz CT molecular complexity index is 108. The van der Waals surface area contributed by atoms with Gasteiger partial charge in [0.1, 0.15) is 0 Å². The van der Waals surface area contributed by atoms with Gasteiger partial charge in [-0.15, -0.1) is 0 Å². The standard InChI is InChI=1S/C5H10O4/c1-4(7-2)5(6)9-8-3/h6H,1-3H3. The van der Waals surface area contributed by atoms with E-state index in [2.05, 4.69) is 14.5 Å². The summed E-state index contributed by atoms with van der Waals surface area (Å²) in [6, 6.07) is 0. The third-order valence-electron chi connectivity index (χ3n) is 0.770. The van der Waals surface area contributed by atoms with Gasteiger partial charge in [-0.05, 0) is 0 Å². The molecule has 0 amide bonds. The molecule has 9 heavy (non-hydrogen) atoms. The van der Waals surface area contributed by atoms with Crippen molar-refractivity contribution >= 4 is 0 Å². The van der Waals surface area contributed by atoms with Crippen LogP contribution in [0.4, 0.5) is 0 Å². The van der Waals surface area contributed by atoms with Crippen molar-refractivity contribution in [3.8, 4) is 0 Å². The number of rotatable bonds is 3. The Hall–Kier alpha value is -0.900. The van der Waals surface area contributed by atoms with E-state index in [0.717, 1.165) is 0 Å². The fourth-order valence-electron chi connectivity index (χ4n) is 0.225. The number of methoxy groups -OCH3 is 1. The molecule has 0 atom stereocenters. The first-order valence-electron chi connectivity index (χ1n) is 2.37. The van der Waals surface area contributed by atoms with Crippen LogP contribution in [0.1, 0.15) is 6.92 Å². The van der Waals surface area contributed by atoms with Gasteiger partial charge in [0, 0.05) is 6.92 Å². The quantitative estimate of drug-likeness (QED) is 0.355.